The predicted octanol–water partition coefficient (Wildman–Crippen LogP) is 2.49. The first-order valence-corrected chi connectivity index (χ1v) is 8.70. The molecule has 1 aliphatic heterocycles. The van der Waals surface area contributed by atoms with Gasteiger partial charge < -0.3 is 15.2 Å². The molecular weight excluding hydrogens is 351 g/mol. The van der Waals surface area contributed by atoms with Crippen molar-refractivity contribution < 1.29 is 23.8 Å². The molecular formula is C20H21FN2O4. The number of rotatable bonds is 6. The number of ether oxygens (including phenoxy) is 1. The van der Waals surface area contributed by atoms with E-state index in [1.165, 1.54) is 17.9 Å². The molecule has 7 heteroatoms. The number of aliphatic hydroxyl groups excluding tert-OH is 1. The van der Waals surface area contributed by atoms with Crippen LogP contribution in [0.3, 0.4) is 0 Å². The van der Waals surface area contributed by atoms with Crippen LogP contribution in [-0.2, 0) is 16.0 Å². The number of anilines is 1. The Morgan fingerprint density at radius 1 is 1.30 bits per heavy atom. The Labute approximate surface area is 156 Å². The number of hydrogen-bond acceptors (Lipinski definition) is 4. The maximum Gasteiger partial charge on any atom is 0.414 e. The lowest BCUT2D eigenvalue weighted by atomic mass is 10.0. The highest BCUT2D eigenvalue weighted by atomic mass is 19.1. The average Bonchev–Trinajstić information content (AvgIpc) is 3.02. The molecule has 1 aliphatic rings. The van der Waals surface area contributed by atoms with E-state index in [9.17, 15) is 14.0 Å². The summed E-state index contributed by atoms with van der Waals surface area (Å²) in [6.45, 7) is 1.92. The van der Waals surface area contributed by atoms with Crippen molar-refractivity contribution in [2.45, 2.75) is 19.4 Å². The lowest BCUT2D eigenvalue weighted by Crippen LogP contribution is -2.33. The Bertz CT molecular complexity index is 838. The quantitative estimate of drug-likeness (QED) is 0.817. The lowest BCUT2D eigenvalue weighted by Gasteiger charge is -2.14. The number of aliphatic hydroxyl groups is 1. The van der Waals surface area contributed by atoms with Crippen LogP contribution in [0.1, 0.15) is 12.5 Å². The number of halogens is 1. The van der Waals surface area contributed by atoms with Crippen molar-refractivity contribution in [3.05, 3.63) is 53.8 Å². The second kappa shape index (κ2) is 8.18. The number of cyclic esters (lactones) is 1. The number of carbonyl (C=O) groups excluding carboxylic acids is 2. The largest absolute Gasteiger partial charge is 0.442 e. The summed E-state index contributed by atoms with van der Waals surface area (Å²) in [5, 5.41) is 11.6. The molecule has 2 N–H and O–H groups in total. The average molecular weight is 372 g/mol. The predicted molar refractivity (Wildman–Crippen MR) is 98.9 cm³/mol. The molecule has 1 atom stereocenters. The zero-order valence-electron chi connectivity index (χ0n) is 14.9. The Balaban J connectivity index is 1.74. The first kappa shape index (κ1) is 18.8. The van der Waals surface area contributed by atoms with Gasteiger partial charge in [-0.3, -0.25) is 9.69 Å². The Kier molecular flexibility index (Phi) is 5.71. The number of nitrogens with one attached hydrogen (secondary N) is 1. The van der Waals surface area contributed by atoms with Crippen molar-refractivity contribution in [2.24, 2.45) is 0 Å². The van der Waals surface area contributed by atoms with E-state index in [0.717, 1.165) is 5.56 Å². The summed E-state index contributed by atoms with van der Waals surface area (Å²) in [5.74, 6) is -0.648. The molecule has 142 valence electrons. The molecule has 0 radical (unpaired) electrons. The summed E-state index contributed by atoms with van der Waals surface area (Å²) in [6, 6.07) is 11.9. The van der Waals surface area contributed by atoms with Crippen LogP contribution in [0.25, 0.3) is 11.1 Å². The van der Waals surface area contributed by atoms with Crippen molar-refractivity contribution in [1.29, 1.82) is 0 Å². The number of carbonyl (C=O) groups is 2. The zero-order valence-corrected chi connectivity index (χ0v) is 14.9. The fourth-order valence-electron chi connectivity index (χ4n) is 2.98. The van der Waals surface area contributed by atoms with Gasteiger partial charge >= 0.3 is 6.09 Å². The Morgan fingerprint density at radius 2 is 2.04 bits per heavy atom. The van der Waals surface area contributed by atoms with Crippen LogP contribution in [0.15, 0.2) is 42.5 Å². The number of nitrogens with zero attached hydrogens (tertiary/aromatic N) is 1. The highest BCUT2D eigenvalue weighted by Gasteiger charge is 2.32. The number of hydrogen-bond donors (Lipinski definition) is 2. The highest BCUT2D eigenvalue weighted by molar-refractivity contribution is 5.90. The SMILES string of the molecule is CC(=O)NC[C@H]1CN(c2ccc(-c3ccc(CCO)cc3)c(F)c2)C(=O)O1. The topological polar surface area (TPSA) is 78.9 Å². The van der Waals surface area contributed by atoms with E-state index in [0.29, 0.717) is 23.2 Å². The molecule has 1 saturated heterocycles. The van der Waals surface area contributed by atoms with Gasteiger partial charge in [0.25, 0.3) is 0 Å². The van der Waals surface area contributed by atoms with Gasteiger partial charge in [0.1, 0.15) is 11.9 Å². The fourth-order valence-corrected chi connectivity index (χ4v) is 2.98. The second-order valence-electron chi connectivity index (χ2n) is 6.39. The van der Waals surface area contributed by atoms with Crippen molar-refractivity contribution in [3.63, 3.8) is 0 Å². The Morgan fingerprint density at radius 3 is 2.67 bits per heavy atom. The van der Waals surface area contributed by atoms with Crippen molar-refractivity contribution in [2.75, 3.05) is 24.6 Å². The molecule has 0 aromatic heterocycles. The van der Waals surface area contributed by atoms with Gasteiger partial charge in [-0.1, -0.05) is 24.3 Å². The molecule has 27 heavy (non-hydrogen) atoms. The van der Waals surface area contributed by atoms with Crippen LogP contribution in [-0.4, -0.2) is 42.9 Å². The maximum absolute atomic E-state index is 14.6. The minimum Gasteiger partial charge on any atom is -0.442 e. The molecule has 2 aromatic carbocycles. The van der Waals surface area contributed by atoms with Gasteiger partial charge in [-0.25, -0.2) is 9.18 Å². The molecule has 0 bridgehead atoms. The van der Waals surface area contributed by atoms with E-state index in [-0.39, 0.29) is 25.6 Å². The molecule has 1 heterocycles. The van der Waals surface area contributed by atoms with Gasteiger partial charge in [-0.05, 0) is 35.7 Å². The first-order chi connectivity index (χ1) is 13.0. The maximum atomic E-state index is 14.6. The summed E-state index contributed by atoms with van der Waals surface area (Å²) < 4.78 is 19.8. The van der Waals surface area contributed by atoms with E-state index >= 15 is 0 Å². The molecule has 0 spiro atoms. The smallest absolute Gasteiger partial charge is 0.414 e. The van der Waals surface area contributed by atoms with Gasteiger partial charge in [-0.2, -0.15) is 0 Å². The summed E-state index contributed by atoms with van der Waals surface area (Å²) in [6.07, 6.45) is -0.479. The van der Waals surface area contributed by atoms with Gasteiger partial charge in [-0.15, -0.1) is 0 Å². The molecule has 0 unspecified atom stereocenters. The molecule has 6 nitrogen and oxygen atoms in total. The summed E-state index contributed by atoms with van der Waals surface area (Å²) in [4.78, 5) is 24.4. The lowest BCUT2D eigenvalue weighted by molar-refractivity contribution is -0.119. The minimum absolute atomic E-state index is 0.0667. The molecule has 2 aromatic rings. The van der Waals surface area contributed by atoms with Crippen LogP contribution < -0.4 is 10.2 Å². The highest BCUT2D eigenvalue weighted by Crippen LogP contribution is 2.29. The third kappa shape index (κ3) is 4.43. The summed E-state index contributed by atoms with van der Waals surface area (Å²) in [5.41, 5.74) is 2.52. The fraction of sp³-hybridized carbons (Fsp3) is 0.300. The van der Waals surface area contributed by atoms with Crippen LogP contribution in [0, 0.1) is 5.82 Å². The molecule has 0 saturated carbocycles. The number of amides is 2. The van der Waals surface area contributed by atoms with Crippen LogP contribution in [0.2, 0.25) is 0 Å². The molecule has 0 aliphatic carbocycles. The van der Waals surface area contributed by atoms with E-state index < -0.39 is 18.0 Å². The summed E-state index contributed by atoms with van der Waals surface area (Å²) >= 11 is 0. The monoisotopic (exact) mass is 372 g/mol. The Hall–Kier alpha value is -2.93. The molecule has 2 amide bonds. The van der Waals surface area contributed by atoms with Gasteiger partial charge in [0, 0.05) is 19.1 Å². The third-order valence-electron chi connectivity index (χ3n) is 4.38. The third-order valence-corrected chi connectivity index (χ3v) is 4.38. The normalized spacial score (nSPS) is 16.3. The van der Waals surface area contributed by atoms with Crippen LogP contribution >= 0.6 is 0 Å². The van der Waals surface area contributed by atoms with E-state index in [4.69, 9.17) is 9.84 Å². The van der Waals surface area contributed by atoms with Gasteiger partial charge in [0.15, 0.2) is 0 Å². The van der Waals surface area contributed by atoms with Crippen molar-refractivity contribution in [3.8, 4) is 11.1 Å². The zero-order chi connectivity index (χ0) is 19.4. The second-order valence-corrected chi connectivity index (χ2v) is 6.39. The van der Waals surface area contributed by atoms with E-state index in [2.05, 4.69) is 5.32 Å². The molecule has 3 rings (SSSR count). The van der Waals surface area contributed by atoms with Gasteiger partial charge in [0.2, 0.25) is 5.91 Å². The summed E-state index contributed by atoms with van der Waals surface area (Å²) in [7, 11) is 0. The van der Waals surface area contributed by atoms with Gasteiger partial charge in [0.05, 0.1) is 18.8 Å². The van der Waals surface area contributed by atoms with Crippen LogP contribution in [0.5, 0.6) is 0 Å². The standard InChI is InChI=1S/C20H21FN2O4/c1-13(25)22-11-17-12-23(20(26)27-17)16-6-7-18(19(21)10-16)15-4-2-14(3-5-15)8-9-24/h2-7,10,17,24H,8-9,11-12H2,1H3,(H,22,25)/t17-/m0/s1. The minimum atomic E-state index is -0.564. The first-order valence-electron chi connectivity index (χ1n) is 8.70. The molecule has 1 fully saturated rings. The van der Waals surface area contributed by atoms with Crippen molar-refractivity contribution in [1.82, 2.24) is 5.32 Å². The van der Waals surface area contributed by atoms with Crippen LogP contribution in [0.4, 0.5) is 14.9 Å². The van der Waals surface area contributed by atoms with Crippen molar-refractivity contribution >= 4 is 17.7 Å². The van der Waals surface area contributed by atoms with E-state index in [1.54, 1.807) is 24.3 Å². The number of benzene rings is 2. The van der Waals surface area contributed by atoms with E-state index in [1.807, 2.05) is 12.1 Å².